The fourth-order valence-electron chi connectivity index (χ4n) is 1.68. The van der Waals surface area contributed by atoms with Gasteiger partial charge in [0.05, 0.1) is 10.0 Å². The first-order valence-electron chi connectivity index (χ1n) is 5.91. The highest BCUT2D eigenvalue weighted by molar-refractivity contribution is 6.42. The zero-order valence-corrected chi connectivity index (χ0v) is 12.2. The minimum atomic E-state index is -0.918. The van der Waals surface area contributed by atoms with Crippen LogP contribution in [0.25, 0.3) is 0 Å². The molecule has 0 fully saturated rings. The molecule has 1 aromatic rings. The van der Waals surface area contributed by atoms with Gasteiger partial charge < -0.3 is 10.4 Å². The first-order valence-corrected chi connectivity index (χ1v) is 6.67. The summed E-state index contributed by atoms with van der Waals surface area (Å²) in [5.74, 6) is -1.26. The van der Waals surface area contributed by atoms with Gasteiger partial charge in [0.15, 0.2) is 0 Å². The Balaban J connectivity index is 2.75. The van der Waals surface area contributed by atoms with E-state index < -0.39 is 17.8 Å². The molecule has 106 valence electrons. The van der Waals surface area contributed by atoms with Crippen LogP contribution in [0, 0.1) is 11.7 Å². The lowest BCUT2D eigenvalue weighted by atomic mass is 10.0. The van der Waals surface area contributed by atoms with Crippen LogP contribution in [0.2, 0.25) is 10.0 Å². The van der Waals surface area contributed by atoms with E-state index in [1.165, 1.54) is 12.1 Å². The third-order valence-corrected chi connectivity index (χ3v) is 3.56. The smallest absolute Gasteiger partial charge is 0.320 e. The summed E-state index contributed by atoms with van der Waals surface area (Å²) in [5, 5.41) is 11.9. The molecule has 0 radical (unpaired) electrons. The van der Waals surface area contributed by atoms with E-state index in [9.17, 15) is 9.18 Å². The molecule has 1 rings (SSSR count). The van der Waals surface area contributed by atoms with E-state index >= 15 is 0 Å². The van der Waals surface area contributed by atoms with Crippen molar-refractivity contribution in [3.05, 3.63) is 33.6 Å². The molecule has 0 saturated heterocycles. The number of nitrogens with one attached hydrogen (secondary N) is 1. The molecular formula is C13H16Cl2FNO2. The molecule has 0 bridgehead atoms. The van der Waals surface area contributed by atoms with Gasteiger partial charge in [0.2, 0.25) is 0 Å². The molecule has 0 amide bonds. The Morgan fingerprint density at radius 1 is 1.37 bits per heavy atom. The highest BCUT2D eigenvalue weighted by Crippen LogP contribution is 2.28. The zero-order chi connectivity index (χ0) is 14.6. The molecule has 3 nitrogen and oxygen atoms in total. The molecule has 2 N–H and O–H groups in total. The van der Waals surface area contributed by atoms with Gasteiger partial charge in [-0.3, -0.25) is 4.79 Å². The van der Waals surface area contributed by atoms with Crippen LogP contribution in [0.5, 0.6) is 0 Å². The molecule has 0 aliphatic carbocycles. The van der Waals surface area contributed by atoms with Gasteiger partial charge in [0.1, 0.15) is 11.9 Å². The number of rotatable bonds is 6. The summed E-state index contributed by atoms with van der Waals surface area (Å²) in [6.07, 6.45) is 0.502. The molecule has 19 heavy (non-hydrogen) atoms. The summed E-state index contributed by atoms with van der Waals surface area (Å²) in [4.78, 5) is 11.1. The van der Waals surface area contributed by atoms with Crippen molar-refractivity contribution in [1.29, 1.82) is 0 Å². The Morgan fingerprint density at radius 2 is 2.00 bits per heavy atom. The molecule has 0 aliphatic rings. The van der Waals surface area contributed by atoms with E-state index in [0.717, 1.165) is 0 Å². The van der Waals surface area contributed by atoms with E-state index in [4.69, 9.17) is 28.3 Å². The number of carbonyl (C=O) groups is 1. The van der Waals surface area contributed by atoms with Gasteiger partial charge in [0, 0.05) is 6.54 Å². The highest BCUT2D eigenvalue weighted by atomic mass is 35.5. The molecule has 0 heterocycles. The predicted octanol–water partition coefficient (Wildman–Crippen LogP) is 3.72. The minimum absolute atomic E-state index is 0.114. The van der Waals surface area contributed by atoms with Crippen LogP contribution in [0.1, 0.15) is 25.8 Å². The number of halogens is 3. The van der Waals surface area contributed by atoms with Crippen LogP contribution in [0.3, 0.4) is 0 Å². The number of hydrogen-bond acceptors (Lipinski definition) is 2. The summed E-state index contributed by atoms with van der Waals surface area (Å²) >= 11 is 11.6. The van der Waals surface area contributed by atoms with E-state index in [0.29, 0.717) is 12.0 Å². The summed E-state index contributed by atoms with van der Waals surface area (Å²) in [5.41, 5.74) is 0.572. The standard InChI is InChI=1S/C13H16Cl2FNO2/c1-7(2)5-10(13(18)19)17-6-8-3-4-9(16)12(15)11(8)14/h3-4,7,10,17H,5-6H2,1-2H3,(H,18,19)/t10-/m1/s1. The molecule has 0 aromatic heterocycles. The fraction of sp³-hybridized carbons (Fsp3) is 0.462. The molecule has 6 heteroatoms. The Kier molecular flexibility index (Phi) is 6.04. The van der Waals surface area contributed by atoms with Crippen molar-refractivity contribution in [1.82, 2.24) is 5.32 Å². The van der Waals surface area contributed by atoms with Crippen LogP contribution in [-0.2, 0) is 11.3 Å². The predicted molar refractivity (Wildman–Crippen MR) is 74.1 cm³/mol. The van der Waals surface area contributed by atoms with E-state index in [-0.39, 0.29) is 22.5 Å². The van der Waals surface area contributed by atoms with Gasteiger partial charge in [0.25, 0.3) is 0 Å². The Bertz CT molecular complexity index is 466. The molecule has 0 spiro atoms. The van der Waals surface area contributed by atoms with Crippen LogP contribution < -0.4 is 5.32 Å². The number of aliphatic carboxylic acids is 1. The fourth-order valence-corrected chi connectivity index (χ4v) is 2.08. The molecule has 1 aromatic carbocycles. The summed E-state index contributed by atoms with van der Waals surface area (Å²) in [6, 6.07) is 2.04. The van der Waals surface area contributed by atoms with Crippen molar-refractivity contribution >= 4 is 29.2 Å². The summed E-state index contributed by atoms with van der Waals surface area (Å²) < 4.78 is 13.1. The number of carboxylic acids is 1. The highest BCUT2D eigenvalue weighted by Gasteiger charge is 2.19. The Hall–Kier alpha value is -0.840. The maximum absolute atomic E-state index is 13.1. The van der Waals surface area contributed by atoms with Gasteiger partial charge in [-0.25, -0.2) is 4.39 Å². The Morgan fingerprint density at radius 3 is 2.53 bits per heavy atom. The van der Waals surface area contributed by atoms with Crippen molar-refractivity contribution in [2.75, 3.05) is 0 Å². The molecule has 0 aliphatic heterocycles. The summed E-state index contributed by atoms with van der Waals surface area (Å²) in [6.45, 7) is 4.11. The first kappa shape index (κ1) is 16.2. The average molecular weight is 308 g/mol. The quantitative estimate of drug-likeness (QED) is 0.787. The van der Waals surface area contributed by atoms with E-state index in [2.05, 4.69) is 5.32 Å². The van der Waals surface area contributed by atoms with Gasteiger partial charge in [-0.2, -0.15) is 0 Å². The number of benzene rings is 1. The lowest BCUT2D eigenvalue weighted by Gasteiger charge is -2.17. The van der Waals surface area contributed by atoms with Crippen molar-refractivity contribution in [2.24, 2.45) is 5.92 Å². The lowest BCUT2D eigenvalue weighted by molar-refractivity contribution is -0.140. The Labute approximate surface area is 121 Å². The topological polar surface area (TPSA) is 49.3 Å². The zero-order valence-electron chi connectivity index (χ0n) is 10.7. The van der Waals surface area contributed by atoms with E-state index in [1.54, 1.807) is 0 Å². The van der Waals surface area contributed by atoms with Crippen LogP contribution >= 0.6 is 23.2 Å². The first-order chi connectivity index (χ1) is 8.82. The monoisotopic (exact) mass is 307 g/mol. The van der Waals surface area contributed by atoms with Gasteiger partial charge in [-0.05, 0) is 24.0 Å². The van der Waals surface area contributed by atoms with Gasteiger partial charge in [-0.1, -0.05) is 43.1 Å². The van der Waals surface area contributed by atoms with Gasteiger partial charge >= 0.3 is 5.97 Å². The second-order valence-corrected chi connectivity index (χ2v) is 5.49. The second kappa shape index (κ2) is 7.08. The molecule has 0 unspecified atom stereocenters. The molecular weight excluding hydrogens is 292 g/mol. The summed E-state index contributed by atoms with van der Waals surface area (Å²) in [7, 11) is 0. The maximum Gasteiger partial charge on any atom is 0.320 e. The van der Waals surface area contributed by atoms with Crippen molar-refractivity contribution < 1.29 is 14.3 Å². The van der Waals surface area contributed by atoms with Crippen molar-refractivity contribution in [2.45, 2.75) is 32.9 Å². The minimum Gasteiger partial charge on any atom is -0.480 e. The molecule has 0 saturated carbocycles. The van der Waals surface area contributed by atoms with Crippen molar-refractivity contribution in [3.63, 3.8) is 0 Å². The third-order valence-electron chi connectivity index (χ3n) is 2.66. The molecule has 1 atom stereocenters. The SMILES string of the molecule is CC(C)C[C@@H](NCc1ccc(F)c(Cl)c1Cl)C(=O)O. The number of carboxylic acid groups (broad SMARTS) is 1. The van der Waals surface area contributed by atoms with E-state index in [1.807, 2.05) is 13.8 Å². The second-order valence-electron chi connectivity index (χ2n) is 4.74. The normalized spacial score (nSPS) is 12.7. The van der Waals surface area contributed by atoms with Crippen LogP contribution in [0.15, 0.2) is 12.1 Å². The van der Waals surface area contributed by atoms with Crippen LogP contribution in [0.4, 0.5) is 4.39 Å². The maximum atomic E-state index is 13.1. The average Bonchev–Trinajstić information content (AvgIpc) is 2.33. The van der Waals surface area contributed by atoms with Crippen molar-refractivity contribution in [3.8, 4) is 0 Å². The largest absolute Gasteiger partial charge is 0.480 e. The van der Waals surface area contributed by atoms with Crippen LogP contribution in [-0.4, -0.2) is 17.1 Å². The third kappa shape index (κ3) is 4.64. The number of hydrogen-bond donors (Lipinski definition) is 2. The lowest BCUT2D eigenvalue weighted by Crippen LogP contribution is -2.37. The van der Waals surface area contributed by atoms with Gasteiger partial charge in [-0.15, -0.1) is 0 Å².